The van der Waals surface area contributed by atoms with Gasteiger partial charge in [-0.05, 0) is 73.5 Å². The highest BCUT2D eigenvalue weighted by molar-refractivity contribution is 5.78. The standard InChI is InChI=1S/C27H23NO2/c1-20-3-11-24(12-4-20)28(25-13-5-21(2)6-14-25)26-15-7-22(8-16-26)23-9-17-27(18-10-23)30-19-29/h3-19H,1-2H3. The van der Waals surface area contributed by atoms with Crippen LogP contribution in [0.1, 0.15) is 11.1 Å². The second-order valence-corrected chi connectivity index (χ2v) is 7.29. The van der Waals surface area contributed by atoms with E-state index in [4.69, 9.17) is 4.74 Å². The molecule has 30 heavy (non-hydrogen) atoms. The highest BCUT2D eigenvalue weighted by atomic mass is 16.5. The highest BCUT2D eigenvalue weighted by Crippen LogP contribution is 2.35. The Morgan fingerprint density at radius 2 is 0.933 bits per heavy atom. The van der Waals surface area contributed by atoms with Gasteiger partial charge in [0, 0.05) is 17.1 Å². The molecule has 0 aliphatic heterocycles. The minimum absolute atomic E-state index is 0.439. The molecule has 0 saturated heterocycles. The van der Waals surface area contributed by atoms with Crippen molar-refractivity contribution in [2.24, 2.45) is 0 Å². The lowest BCUT2D eigenvalue weighted by molar-refractivity contribution is -0.120. The molecule has 0 radical (unpaired) electrons. The van der Waals surface area contributed by atoms with E-state index in [9.17, 15) is 4.79 Å². The molecule has 3 heteroatoms. The van der Waals surface area contributed by atoms with E-state index < -0.39 is 0 Å². The second-order valence-electron chi connectivity index (χ2n) is 7.29. The molecule has 0 N–H and O–H groups in total. The van der Waals surface area contributed by atoms with Gasteiger partial charge in [0.15, 0.2) is 0 Å². The molecule has 0 unspecified atom stereocenters. The Bertz CT molecular complexity index is 1070. The third-order valence-electron chi connectivity index (χ3n) is 5.08. The molecule has 0 bridgehead atoms. The van der Waals surface area contributed by atoms with E-state index in [0.717, 1.165) is 28.2 Å². The first-order chi connectivity index (χ1) is 14.6. The van der Waals surface area contributed by atoms with Crippen molar-refractivity contribution >= 4 is 23.5 Å². The summed E-state index contributed by atoms with van der Waals surface area (Å²) in [5, 5.41) is 0. The van der Waals surface area contributed by atoms with Crippen LogP contribution in [0.3, 0.4) is 0 Å². The zero-order valence-corrected chi connectivity index (χ0v) is 17.1. The van der Waals surface area contributed by atoms with E-state index in [0.29, 0.717) is 12.2 Å². The van der Waals surface area contributed by atoms with Crippen LogP contribution < -0.4 is 9.64 Å². The predicted molar refractivity (Wildman–Crippen MR) is 123 cm³/mol. The molecular formula is C27H23NO2. The zero-order chi connectivity index (χ0) is 20.9. The van der Waals surface area contributed by atoms with Crippen LogP contribution in [0.25, 0.3) is 11.1 Å². The fraction of sp³-hybridized carbons (Fsp3) is 0.0741. The maximum absolute atomic E-state index is 10.5. The lowest BCUT2D eigenvalue weighted by Crippen LogP contribution is -2.09. The normalized spacial score (nSPS) is 10.5. The predicted octanol–water partition coefficient (Wildman–Crippen LogP) is 6.98. The van der Waals surface area contributed by atoms with E-state index in [1.807, 2.05) is 12.1 Å². The molecule has 3 nitrogen and oxygen atoms in total. The molecule has 4 aromatic rings. The largest absolute Gasteiger partial charge is 0.429 e. The van der Waals surface area contributed by atoms with Gasteiger partial charge in [-0.1, -0.05) is 59.7 Å². The van der Waals surface area contributed by atoms with Gasteiger partial charge in [-0.3, -0.25) is 4.79 Å². The Morgan fingerprint density at radius 3 is 1.33 bits per heavy atom. The van der Waals surface area contributed by atoms with Gasteiger partial charge in [0.2, 0.25) is 0 Å². The SMILES string of the molecule is Cc1ccc(N(c2ccc(C)cc2)c2ccc(-c3ccc(OC=O)cc3)cc2)cc1. The number of benzene rings is 4. The Balaban J connectivity index is 1.69. The van der Waals surface area contributed by atoms with Gasteiger partial charge in [-0.25, -0.2) is 0 Å². The minimum Gasteiger partial charge on any atom is -0.429 e. The average molecular weight is 393 g/mol. The van der Waals surface area contributed by atoms with Gasteiger partial charge in [-0.15, -0.1) is 0 Å². The van der Waals surface area contributed by atoms with Crippen LogP contribution in [0, 0.1) is 13.8 Å². The molecule has 0 atom stereocenters. The summed E-state index contributed by atoms with van der Waals surface area (Å²) in [7, 11) is 0. The second kappa shape index (κ2) is 8.66. The van der Waals surface area contributed by atoms with Crippen molar-refractivity contribution in [3.63, 3.8) is 0 Å². The molecule has 0 aliphatic carbocycles. The molecule has 0 heterocycles. The summed E-state index contributed by atoms with van der Waals surface area (Å²) in [5.74, 6) is 0.537. The van der Waals surface area contributed by atoms with Gasteiger partial charge in [-0.2, -0.15) is 0 Å². The van der Waals surface area contributed by atoms with Gasteiger partial charge in [0.05, 0.1) is 0 Å². The molecule has 0 fully saturated rings. The van der Waals surface area contributed by atoms with Gasteiger partial charge in [0.25, 0.3) is 6.47 Å². The van der Waals surface area contributed by atoms with Crippen LogP contribution in [-0.4, -0.2) is 6.47 Å². The van der Waals surface area contributed by atoms with Crippen LogP contribution in [0.2, 0.25) is 0 Å². The van der Waals surface area contributed by atoms with E-state index in [2.05, 4.69) is 91.5 Å². The Hall–Kier alpha value is -3.85. The first kappa shape index (κ1) is 19.5. The molecular weight excluding hydrogens is 370 g/mol. The fourth-order valence-corrected chi connectivity index (χ4v) is 3.42. The van der Waals surface area contributed by atoms with Crippen molar-refractivity contribution in [3.8, 4) is 16.9 Å². The third-order valence-corrected chi connectivity index (χ3v) is 5.08. The molecule has 148 valence electrons. The van der Waals surface area contributed by atoms with Crippen LogP contribution in [0.5, 0.6) is 5.75 Å². The lowest BCUT2D eigenvalue weighted by Gasteiger charge is -2.26. The number of nitrogens with zero attached hydrogens (tertiary/aromatic N) is 1. The van der Waals surface area contributed by atoms with E-state index in [-0.39, 0.29) is 0 Å². The third kappa shape index (κ3) is 4.26. The molecule has 0 aliphatic rings. The van der Waals surface area contributed by atoms with Crippen molar-refractivity contribution in [1.82, 2.24) is 0 Å². The molecule has 0 saturated carbocycles. The smallest absolute Gasteiger partial charge is 0.298 e. The van der Waals surface area contributed by atoms with Crippen molar-refractivity contribution < 1.29 is 9.53 Å². The Kier molecular flexibility index (Phi) is 5.62. The number of ether oxygens (including phenoxy) is 1. The van der Waals surface area contributed by atoms with Crippen molar-refractivity contribution in [1.29, 1.82) is 0 Å². The van der Waals surface area contributed by atoms with Crippen LogP contribution >= 0.6 is 0 Å². The van der Waals surface area contributed by atoms with Crippen molar-refractivity contribution in [2.45, 2.75) is 13.8 Å². The number of anilines is 3. The fourth-order valence-electron chi connectivity index (χ4n) is 3.42. The van der Waals surface area contributed by atoms with Gasteiger partial charge in [0.1, 0.15) is 5.75 Å². The molecule has 0 aromatic heterocycles. The molecule has 4 aromatic carbocycles. The summed E-state index contributed by atoms with van der Waals surface area (Å²) in [6.07, 6.45) is 0. The highest BCUT2D eigenvalue weighted by Gasteiger charge is 2.12. The van der Waals surface area contributed by atoms with Crippen molar-refractivity contribution in [3.05, 3.63) is 108 Å². The summed E-state index contributed by atoms with van der Waals surface area (Å²) in [6, 6.07) is 33.1. The van der Waals surface area contributed by atoms with Crippen molar-refractivity contribution in [2.75, 3.05) is 4.90 Å². The zero-order valence-electron chi connectivity index (χ0n) is 17.1. The summed E-state index contributed by atoms with van der Waals surface area (Å²) < 4.78 is 4.87. The number of hydrogen-bond acceptors (Lipinski definition) is 3. The minimum atomic E-state index is 0.439. The quantitative estimate of drug-likeness (QED) is 0.331. The number of carbonyl (C=O) groups excluding carboxylic acids is 1. The number of carbonyl (C=O) groups is 1. The number of hydrogen-bond donors (Lipinski definition) is 0. The lowest BCUT2D eigenvalue weighted by atomic mass is 10.0. The summed E-state index contributed by atoms with van der Waals surface area (Å²) in [5.41, 5.74) is 7.97. The average Bonchev–Trinajstić information content (AvgIpc) is 2.78. The Labute approximate surface area is 177 Å². The number of aryl methyl sites for hydroxylation is 2. The van der Waals surface area contributed by atoms with E-state index in [1.165, 1.54) is 11.1 Å². The first-order valence-electron chi connectivity index (χ1n) is 9.88. The maximum atomic E-state index is 10.5. The molecule has 0 spiro atoms. The molecule has 4 rings (SSSR count). The monoisotopic (exact) mass is 393 g/mol. The van der Waals surface area contributed by atoms with Gasteiger partial charge < -0.3 is 9.64 Å². The van der Waals surface area contributed by atoms with E-state index >= 15 is 0 Å². The van der Waals surface area contributed by atoms with Crippen LogP contribution in [0.15, 0.2) is 97.1 Å². The van der Waals surface area contributed by atoms with Gasteiger partial charge >= 0.3 is 0 Å². The number of rotatable bonds is 6. The maximum Gasteiger partial charge on any atom is 0.298 e. The van der Waals surface area contributed by atoms with Crippen LogP contribution in [-0.2, 0) is 4.79 Å². The summed E-state index contributed by atoms with van der Waals surface area (Å²) in [4.78, 5) is 12.7. The summed E-state index contributed by atoms with van der Waals surface area (Å²) >= 11 is 0. The molecule has 0 amide bonds. The van der Waals surface area contributed by atoms with Crippen LogP contribution in [0.4, 0.5) is 17.1 Å². The van der Waals surface area contributed by atoms with E-state index in [1.54, 1.807) is 12.1 Å². The topological polar surface area (TPSA) is 29.5 Å². The summed E-state index contributed by atoms with van der Waals surface area (Å²) in [6.45, 7) is 4.63. The Morgan fingerprint density at radius 1 is 0.567 bits per heavy atom. The first-order valence-corrected chi connectivity index (χ1v) is 9.88.